The third-order valence-electron chi connectivity index (χ3n) is 4.85. The van der Waals surface area contributed by atoms with Crippen LogP contribution in [0.5, 0.6) is 0 Å². The summed E-state index contributed by atoms with van der Waals surface area (Å²) >= 11 is 0. The fraction of sp³-hybridized carbons (Fsp3) is 0.238. The molecule has 0 bridgehead atoms. The fourth-order valence-electron chi connectivity index (χ4n) is 3.25. The summed E-state index contributed by atoms with van der Waals surface area (Å²) in [5.74, 6) is 0.176. The molecule has 0 spiro atoms. The molecule has 3 nitrogen and oxygen atoms in total. The summed E-state index contributed by atoms with van der Waals surface area (Å²) in [6.07, 6.45) is 3.52. The quantitative estimate of drug-likeness (QED) is 0.797. The van der Waals surface area contributed by atoms with Crippen molar-refractivity contribution in [3.8, 4) is 6.07 Å². The van der Waals surface area contributed by atoms with Gasteiger partial charge in [-0.25, -0.2) is 0 Å². The summed E-state index contributed by atoms with van der Waals surface area (Å²) in [4.78, 5) is 15.0. The van der Waals surface area contributed by atoms with Crippen molar-refractivity contribution >= 4 is 11.5 Å². The second kappa shape index (κ2) is 6.33. The number of nitrogens with zero attached hydrogens (tertiary/aromatic N) is 2. The van der Waals surface area contributed by atoms with Gasteiger partial charge in [0.15, 0.2) is 5.78 Å². The third-order valence-corrected chi connectivity index (χ3v) is 4.85. The summed E-state index contributed by atoms with van der Waals surface area (Å²) in [6, 6.07) is 19.5. The summed E-state index contributed by atoms with van der Waals surface area (Å²) in [5, 5.41) is 8.93. The number of hydrogen-bond acceptors (Lipinski definition) is 3. The lowest BCUT2D eigenvalue weighted by molar-refractivity contribution is -0.118. The highest BCUT2D eigenvalue weighted by Gasteiger charge is 2.42. The first-order valence-electron chi connectivity index (χ1n) is 8.08. The monoisotopic (exact) mass is 316 g/mol. The molecule has 2 aromatic rings. The topological polar surface area (TPSA) is 44.1 Å². The van der Waals surface area contributed by atoms with E-state index in [4.69, 9.17) is 5.26 Å². The van der Waals surface area contributed by atoms with Gasteiger partial charge in [0.25, 0.3) is 0 Å². The van der Waals surface area contributed by atoms with Crippen molar-refractivity contribution in [1.82, 2.24) is 0 Å². The van der Waals surface area contributed by atoms with Gasteiger partial charge in [0, 0.05) is 24.5 Å². The van der Waals surface area contributed by atoms with Crippen molar-refractivity contribution in [2.45, 2.75) is 25.2 Å². The Morgan fingerprint density at radius 3 is 2.42 bits per heavy atom. The number of Topliss-reactive ketones (excluding diaryl/α,β-unsaturated/α-hetero) is 1. The van der Waals surface area contributed by atoms with Gasteiger partial charge in [0.05, 0.1) is 17.0 Å². The average molecular weight is 316 g/mol. The van der Waals surface area contributed by atoms with Crippen LogP contribution in [0.3, 0.4) is 0 Å². The van der Waals surface area contributed by atoms with E-state index in [1.165, 1.54) is 0 Å². The molecule has 3 heteroatoms. The molecule has 0 heterocycles. The van der Waals surface area contributed by atoms with Gasteiger partial charge in [-0.3, -0.25) is 4.79 Å². The molecule has 0 saturated heterocycles. The Labute approximate surface area is 142 Å². The molecule has 120 valence electrons. The smallest absolute Gasteiger partial charge is 0.170 e. The lowest BCUT2D eigenvalue weighted by Gasteiger charge is -2.22. The normalized spacial score (nSPS) is 21.7. The number of rotatable bonds is 3. The van der Waals surface area contributed by atoms with Crippen LogP contribution >= 0.6 is 0 Å². The Morgan fingerprint density at radius 1 is 1.12 bits per heavy atom. The van der Waals surface area contributed by atoms with Crippen LogP contribution in [-0.4, -0.2) is 12.8 Å². The minimum Gasteiger partial charge on any atom is -0.351 e. The van der Waals surface area contributed by atoms with Gasteiger partial charge < -0.3 is 4.90 Å². The first kappa shape index (κ1) is 16.0. The molecule has 1 unspecified atom stereocenters. The number of carbonyl (C=O) groups excluding carboxylic acids is 1. The second-order valence-electron chi connectivity index (χ2n) is 6.45. The molecule has 0 aromatic heterocycles. The zero-order chi connectivity index (χ0) is 17.2. The standard InChI is InChI=1S/C21H20N2O/c1-21(18-10-8-16(14-22)9-11-18)13-12-17(20(21)24)15-23(2)19-6-4-3-5-7-19/h3-11,15H,12-13H2,1-2H3/b17-15-. The maximum absolute atomic E-state index is 13.0. The second-order valence-corrected chi connectivity index (χ2v) is 6.45. The Morgan fingerprint density at radius 2 is 1.79 bits per heavy atom. The lowest BCUT2D eigenvalue weighted by Crippen LogP contribution is -2.28. The van der Waals surface area contributed by atoms with E-state index in [9.17, 15) is 4.79 Å². The van der Waals surface area contributed by atoms with Gasteiger partial charge >= 0.3 is 0 Å². The van der Waals surface area contributed by atoms with Gasteiger partial charge in [-0.1, -0.05) is 30.3 Å². The highest BCUT2D eigenvalue weighted by molar-refractivity contribution is 6.05. The van der Waals surface area contributed by atoms with Gasteiger partial charge in [-0.2, -0.15) is 5.26 Å². The van der Waals surface area contributed by atoms with Crippen LogP contribution in [0.25, 0.3) is 0 Å². The van der Waals surface area contributed by atoms with Crippen LogP contribution < -0.4 is 4.90 Å². The number of nitriles is 1. The van der Waals surface area contributed by atoms with Gasteiger partial charge in [0.2, 0.25) is 0 Å². The zero-order valence-electron chi connectivity index (χ0n) is 14.0. The van der Waals surface area contributed by atoms with E-state index in [1.54, 1.807) is 12.1 Å². The van der Waals surface area contributed by atoms with Crippen molar-refractivity contribution in [3.05, 3.63) is 77.5 Å². The number of anilines is 1. The molecular formula is C21H20N2O. The van der Waals surface area contributed by atoms with Crippen LogP contribution in [0.1, 0.15) is 30.9 Å². The molecule has 1 atom stereocenters. The number of carbonyl (C=O) groups is 1. The van der Waals surface area contributed by atoms with E-state index in [0.717, 1.165) is 29.7 Å². The Hall–Kier alpha value is -2.86. The predicted octanol–water partition coefficient (Wildman–Crippen LogP) is 4.20. The van der Waals surface area contributed by atoms with E-state index in [-0.39, 0.29) is 5.78 Å². The predicted molar refractivity (Wildman–Crippen MR) is 95.7 cm³/mol. The van der Waals surface area contributed by atoms with Crippen LogP contribution in [0.15, 0.2) is 66.4 Å². The molecule has 1 saturated carbocycles. The molecule has 24 heavy (non-hydrogen) atoms. The first-order chi connectivity index (χ1) is 11.5. The van der Waals surface area contributed by atoms with Crippen molar-refractivity contribution in [3.63, 3.8) is 0 Å². The van der Waals surface area contributed by atoms with Crippen molar-refractivity contribution in [2.75, 3.05) is 11.9 Å². The SMILES string of the molecule is CN(/C=C1/CCC(C)(c2ccc(C#N)cc2)C1=O)c1ccccc1. The van der Waals surface area contributed by atoms with Crippen molar-refractivity contribution < 1.29 is 4.79 Å². The number of benzene rings is 2. The average Bonchev–Trinajstić information content (AvgIpc) is 2.92. The largest absolute Gasteiger partial charge is 0.351 e. The van der Waals surface area contributed by atoms with Crippen LogP contribution in [-0.2, 0) is 10.2 Å². The molecule has 0 amide bonds. The van der Waals surface area contributed by atoms with E-state index >= 15 is 0 Å². The van der Waals surface area contributed by atoms with E-state index in [1.807, 2.05) is 67.5 Å². The number of ketones is 1. The third kappa shape index (κ3) is 2.83. The Balaban J connectivity index is 1.86. The molecule has 0 N–H and O–H groups in total. The Kier molecular flexibility index (Phi) is 4.22. The van der Waals surface area contributed by atoms with Crippen LogP contribution in [0.4, 0.5) is 5.69 Å². The molecular weight excluding hydrogens is 296 g/mol. The van der Waals surface area contributed by atoms with Crippen molar-refractivity contribution in [2.24, 2.45) is 0 Å². The highest BCUT2D eigenvalue weighted by Crippen LogP contribution is 2.41. The Bertz CT molecular complexity index is 815. The molecule has 2 aromatic carbocycles. The first-order valence-corrected chi connectivity index (χ1v) is 8.08. The molecule has 3 rings (SSSR count). The zero-order valence-corrected chi connectivity index (χ0v) is 14.0. The van der Waals surface area contributed by atoms with Gasteiger partial charge in [-0.05, 0) is 49.6 Å². The van der Waals surface area contributed by atoms with Gasteiger partial charge in [-0.15, -0.1) is 0 Å². The summed E-state index contributed by atoms with van der Waals surface area (Å²) in [5.41, 5.74) is 3.01. The van der Waals surface area contributed by atoms with Crippen molar-refractivity contribution in [1.29, 1.82) is 5.26 Å². The van der Waals surface area contributed by atoms with Crippen LogP contribution in [0.2, 0.25) is 0 Å². The summed E-state index contributed by atoms with van der Waals surface area (Å²) in [7, 11) is 1.97. The number of hydrogen-bond donors (Lipinski definition) is 0. The van der Waals surface area contributed by atoms with E-state index in [2.05, 4.69) is 6.07 Å². The lowest BCUT2D eigenvalue weighted by atomic mass is 9.79. The molecule has 0 aliphatic heterocycles. The molecule has 1 aliphatic rings. The molecule has 1 fully saturated rings. The fourth-order valence-corrected chi connectivity index (χ4v) is 3.25. The number of allylic oxidation sites excluding steroid dienone is 1. The van der Waals surface area contributed by atoms with Gasteiger partial charge in [0.1, 0.15) is 0 Å². The minimum absolute atomic E-state index is 0.176. The number of para-hydroxylation sites is 1. The maximum Gasteiger partial charge on any atom is 0.170 e. The maximum atomic E-state index is 13.0. The minimum atomic E-state index is -0.503. The summed E-state index contributed by atoms with van der Waals surface area (Å²) in [6.45, 7) is 2.00. The highest BCUT2D eigenvalue weighted by atomic mass is 16.1. The summed E-state index contributed by atoms with van der Waals surface area (Å²) < 4.78 is 0. The van der Waals surface area contributed by atoms with Crippen LogP contribution in [0, 0.1) is 11.3 Å². The van der Waals surface area contributed by atoms with E-state index in [0.29, 0.717) is 5.56 Å². The molecule has 1 aliphatic carbocycles. The van der Waals surface area contributed by atoms with E-state index < -0.39 is 5.41 Å². The molecule has 0 radical (unpaired) electrons.